The van der Waals surface area contributed by atoms with Gasteiger partial charge in [0, 0.05) is 12.4 Å². The van der Waals surface area contributed by atoms with E-state index in [1.54, 1.807) is 16.9 Å². The van der Waals surface area contributed by atoms with Crippen LogP contribution in [0, 0.1) is 5.92 Å². The summed E-state index contributed by atoms with van der Waals surface area (Å²) in [7, 11) is 0. The molecule has 1 saturated carbocycles. The first kappa shape index (κ1) is 8.71. The van der Waals surface area contributed by atoms with Crippen LogP contribution in [0.15, 0.2) is 24.7 Å². The molecule has 3 rings (SSSR count). The number of nitrogens with zero attached hydrogens (tertiary/aromatic N) is 3. The van der Waals surface area contributed by atoms with Gasteiger partial charge in [0.2, 0.25) is 5.88 Å². The van der Waals surface area contributed by atoms with Crippen LogP contribution in [0.3, 0.4) is 0 Å². The van der Waals surface area contributed by atoms with Gasteiger partial charge in [-0.05, 0) is 31.7 Å². The zero-order chi connectivity index (χ0) is 10.3. The number of fused-ring (bicyclic) bond motifs is 1. The molecule has 4 nitrogen and oxygen atoms in total. The lowest BCUT2D eigenvalue weighted by molar-refractivity contribution is 0.192. The highest BCUT2D eigenvalue weighted by Gasteiger charge is 2.30. The van der Waals surface area contributed by atoms with Crippen LogP contribution >= 0.6 is 0 Å². The average Bonchev–Trinajstić information content (AvgIpc) is 2.97. The molecule has 0 aromatic carbocycles. The molecule has 0 N–H and O–H groups in total. The van der Waals surface area contributed by atoms with Gasteiger partial charge in [0.1, 0.15) is 11.6 Å². The van der Waals surface area contributed by atoms with Gasteiger partial charge in [0.15, 0.2) is 0 Å². The van der Waals surface area contributed by atoms with E-state index < -0.39 is 0 Å². The lowest BCUT2D eigenvalue weighted by atomic mass is 10.3. The molecule has 0 aliphatic heterocycles. The van der Waals surface area contributed by atoms with Crippen molar-refractivity contribution in [3.8, 4) is 5.88 Å². The zero-order valence-electron chi connectivity index (χ0n) is 8.63. The van der Waals surface area contributed by atoms with E-state index in [4.69, 9.17) is 4.74 Å². The van der Waals surface area contributed by atoms with E-state index in [1.807, 2.05) is 12.3 Å². The minimum Gasteiger partial charge on any atom is -0.473 e. The second-order valence-electron chi connectivity index (χ2n) is 4.05. The fourth-order valence-electron chi connectivity index (χ4n) is 1.76. The molecular formula is C11H13N3O. The van der Waals surface area contributed by atoms with Crippen LogP contribution in [-0.2, 0) is 0 Å². The van der Waals surface area contributed by atoms with Crippen molar-refractivity contribution in [2.45, 2.75) is 25.9 Å². The normalized spacial score (nSPS) is 17.9. The van der Waals surface area contributed by atoms with Gasteiger partial charge in [-0.15, -0.1) is 0 Å². The molecule has 1 aliphatic rings. The maximum Gasteiger partial charge on any atom is 0.240 e. The van der Waals surface area contributed by atoms with E-state index in [1.165, 1.54) is 12.8 Å². The highest BCUT2D eigenvalue weighted by atomic mass is 16.5. The lowest BCUT2D eigenvalue weighted by Crippen LogP contribution is -2.15. The molecule has 4 heteroatoms. The van der Waals surface area contributed by atoms with Crippen LogP contribution in [0.25, 0.3) is 5.52 Å². The number of ether oxygens (including phenoxy) is 1. The molecule has 0 saturated heterocycles. The van der Waals surface area contributed by atoms with Gasteiger partial charge in [0.25, 0.3) is 0 Å². The molecule has 0 radical (unpaired) electrons. The summed E-state index contributed by atoms with van der Waals surface area (Å²) in [5.41, 5.74) is 0.935. The maximum absolute atomic E-state index is 5.84. The Kier molecular flexibility index (Phi) is 1.87. The first-order valence-corrected chi connectivity index (χ1v) is 5.29. The molecule has 1 aliphatic carbocycles. The Balaban J connectivity index is 1.92. The molecule has 0 spiro atoms. The molecule has 1 unspecified atom stereocenters. The summed E-state index contributed by atoms with van der Waals surface area (Å²) in [6.07, 6.45) is 8.12. The highest BCUT2D eigenvalue weighted by molar-refractivity contribution is 5.54. The van der Waals surface area contributed by atoms with Crippen molar-refractivity contribution in [3.05, 3.63) is 24.7 Å². The summed E-state index contributed by atoms with van der Waals surface area (Å²) in [4.78, 5) is 4.25. The Hall–Kier alpha value is -1.58. The standard InChI is InChI=1S/C11H13N3O/c1-8(9-2-3-9)15-11-10-4-5-13-14(10)7-6-12-11/h4-9H,2-3H2,1H3. The Morgan fingerprint density at radius 1 is 1.47 bits per heavy atom. The molecule has 0 bridgehead atoms. The maximum atomic E-state index is 5.84. The van der Waals surface area contributed by atoms with Crippen LogP contribution in [0.4, 0.5) is 0 Å². The Morgan fingerprint density at radius 2 is 2.33 bits per heavy atom. The van der Waals surface area contributed by atoms with Crippen LogP contribution < -0.4 is 4.74 Å². The molecule has 1 atom stereocenters. The van der Waals surface area contributed by atoms with Crippen molar-refractivity contribution >= 4 is 5.52 Å². The summed E-state index contributed by atoms with van der Waals surface area (Å²) in [5.74, 6) is 1.41. The Bertz CT molecular complexity index is 475. The largest absolute Gasteiger partial charge is 0.473 e. The predicted molar refractivity (Wildman–Crippen MR) is 55.8 cm³/mol. The summed E-state index contributed by atoms with van der Waals surface area (Å²) >= 11 is 0. The summed E-state index contributed by atoms with van der Waals surface area (Å²) < 4.78 is 7.62. The third-order valence-electron chi connectivity index (χ3n) is 2.87. The third-order valence-corrected chi connectivity index (χ3v) is 2.87. The predicted octanol–water partition coefficient (Wildman–Crippen LogP) is 1.91. The van der Waals surface area contributed by atoms with Crippen LogP contribution in [0.2, 0.25) is 0 Å². The monoisotopic (exact) mass is 203 g/mol. The summed E-state index contributed by atoms with van der Waals surface area (Å²) in [6.45, 7) is 2.11. The van der Waals surface area contributed by atoms with E-state index >= 15 is 0 Å². The summed E-state index contributed by atoms with van der Waals surface area (Å²) in [5, 5.41) is 4.14. The molecule has 15 heavy (non-hydrogen) atoms. The van der Waals surface area contributed by atoms with E-state index in [9.17, 15) is 0 Å². The van der Waals surface area contributed by atoms with Crippen molar-refractivity contribution in [2.24, 2.45) is 5.92 Å². The van der Waals surface area contributed by atoms with Crippen molar-refractivity contribution in [3.63, 3.8) is 0 Å². The minimum absolute atomic E-state index is 0.263. The van der Waals surface area contributed by atoms with Gasteiger partial charge < -0.3 is 4.74 Å². The van der Waals surface area contributed by atoms with Crippen molar-refractivity contribution in [2.75, 3.05) is 0 Å². The number of rotatable bonds is 3. The number of hydrogen-bond donors (Lipinski definition) is 0. The van der Waals surface area contributed by atoms with E-state index in [0.717, 1.165) is 11.4 Å². The van der Waals surface area contributed by atoms with Gasteiger partial charge in [-0.3, -0.25) is 0 Å². The molecule has 0 amide bonds. The minimum atomic E-state index is 0.263. The topological polar surface area (TPSA) is 39.4 Å². The van der Waals surface area contributed by atoms with Crippen molar-refractivity contribution < 1.29 is 4.74 Å². The van der Waals surface area contributed by atoms with E-state index in [0.29, 0.717) is 5.88 Å². The van der Waals surface area contributed by atoms with Gasteiger partial charge in [0.05, 0.1) is 6.20 Å². The fourth-order valence-corrected chi connectivity index (χ4v) is 1.76. The molecule has 78 valence electrons. The van der Waals surface area contributed by atoms with Crippen molar-refractivity contribution in [1.29, 1.82) is 0 Å². The number of hydrogen-bond acceptors (Lipinski definition) is 3. The van der Waals surface area contributed by atoms with E-state index in [-0.39, 0.29) is 6.10 Å². The Morgan fingerprint density at radius 3 is 3.13 bits per heavy atom. The lowest BCUT2D eigenvalue weighted by Gasteiger charge is -2.13. The van der Waals surface area contributed by atoms with Crippen LogP contribution in [0.5, 0.6) is 5.88 Å². The fraction of sp³-hybridized carbons (Fsp3) is 0.455. The molecule has 2 aromatic rings. The molecule has 2 aromatic heterocycles. The average molecular weight is 203 g/mol. The van der Waals surface area contributed by atoms with Crippen LogP contribution in [0.1, 0.15) is 19.8 Å². The second-order valence-corrected chi connectivity index (χ2v) is 4.05. The van der Waals surface area contributed by atoms with E-state index in [2.05, 4.69) is 17.0 Å². The van der Waals surface area contributed by atoms with Gasteiger partial charge in [-0.2, -0.15) is 5.10 Å². The highest BCUT2D eigenvalue weighted by Crippen LogP contribution is 2.34. The SMILES string of the molecule is CC(Oc1nccn2nccc12)C1CC1. The first-order valence-electron chi connectivity index (χ1n) is 5.29. The smallest absolute Gasteiger partial charge is 0.240 e. The summed E-state index contributed by atoms with van der Waals surface area (Å²) in [6, 6.07) is 1.92. The zero-order valence-corrected chi connectivity index (χ0v) is 8.63. The van der Waals surface area contributed by atoms with Gasteiger partial charge in [-0.25, -0.2) is 9.50 Å². The third kappa shape index (κ3) is 1.56. The molecule has 2 heterocycles. The first-order chi connectivity index (χ1) is 7.34. The van der Waals surface area contributed by atoms with Gasteiger partial charge in [-0.1, -0.05) is 0 Å². The second kappa shape index (κ2) is 3.22. The van der Waals surface area contributed by atoms with Crippen LogP contribution in [-0.4, -0.2) is 20.7 Å². The van der Waals surface area contributed by atoms with Crippen molar-refractivity contribution in [1.82, 2.24) is 14.6 Å². The molecule has 1 fully saturated rings. The van der Waals surface area contributed by atoms with Gasteiger partial charge >= 0.3 is 0 Å². The number of aromatic nitrogens is 3. The Labute approximate surface area is 87.9 Å². The quantitative estimate of drug-likeness (QED) is 0.764. The molecular weight excluding hydrogens is 190 g/mol.